The lowest BCUT2D eigenvalue weighted by Crippen LogP contribution is -2.01. The van der Waals surface area contributed by atoms with Gasteiger partial charge in [0.25, 0.3) is 0 Å². The summed E-state index contributed by atoms with van der Waals surface area (Å²) < 4.78 is 37.7. The zero-order valence-corrected chi connectivity index (χ0v) is 10.8. The lowest BCUT2D eigenvalue weighted by Gasteiger charge is -2.05. The van der Waals surface area contributed by atoms with Crippen molar-refractivity contribution in [3.63, 3.8) is 0 Å². The second-order valence-corrected chi connectivity index (χ2v) is 8.75. The predicted octanol–water partition coefficient (Wildman–Crippen LogP) is 3.29. The third-order valence-electron chi connectivity index (χ3n) is 1.49. The zero-order valence-electron chi connectivity index (χ0n) is 7.55. The first-order valence-corrected chi connectivity index (χ1v) is 8.57. The van der Waals surface area contributed by atoms with Gasteiger partial charge < -0.3 is 0 Å². The van der Waals surface area contributed by atoms with E-state index < -0.39 is 16.2 Å². The predicted molar refractivity (Wildman–Crippen MR) is 58.8 cm³/mol. The molecule has 0 radical (unpaired) electrons. The summed E-state index contributed by atoms with van der Waals surface area (Å²) in [5.41, 5.74) is 0.883. The van der Waals surface area contributed by atoms with Crippen LogP contribution in [0.3, 0.4) is 0 Å². The quantitative estimate of drug-likeness (QED) is 0.801. The summed E-state index contributed by atoms with van der Waals surface area (Å²) in [6, 6.07) is 5.77. The van der Waals surface area contributed by atoms with Crippen LogP contribution in [-0.2, 0) is 18.7 Å². The van der Waals surface area contributed by atoms with Crippen LogP contribution in [0.15, 0.2) is 29.2 Å². The van der Waals surface area contributed by atoms with Gasteiger partial charge in [0, 0.05) is 0 Å². The van der Waals surface area contributed by atoms with Gasteiger partial charge in [-0.3, -0.25) is 4.57 Å². The third kappa shape index (κ3) is 4.13. The molecule has 1 aromatic rings. The lowest BCUT2D eigenvalue weighted by molar-refractivity contribution is 0.480. The summed E-state index contributed by atoms with van der Waals surface area (Å²) in [4.78, 5) is -0.144. The number of aryl methyl sites for hydroxylation is 1. The molecule has 0 unspecified atom stereocenters. The van der Waals surface area contributed by atoms with Crippen molar-refractivity contribution >= 4 is 38.7 Å². The Bertz CT molecular complexity index is 490. The van der Waals surface area contributed by atoms with Crippen LogP contribution in [0.25, 0.3) is 0 Å². The highest BCUT2D eigenvalue weighted by atomic mass is 35.9. The summed E-state index contributed by atoms with van der Waals surface area (Å²) in [6.45, 7) is 1.80. The largest absolute Gasteiger partial charge is 0.394 e. The molecule has 0 aliphatic heterocycles. The van der Waals surface area contributed by atoms with Crippen molar-refractivity contribution in [3.05, 3.63) is 29.8 Å². The maximum Gasteiger partial charge on any atom is 0.394 e. The van der Waals surface area contributed by atoms with E-state index in [0.717, 1.165) is 5.56 Å². The Labute approximate surface area is 97.3 Å². The molecule has 1 rings (SSSR count). The fourth-order valence-electron chi connectivity index (χ4n) is 0.862. The van der Waals surface area contributed by atoms with Crippen LogP contribution in [0.4, 0.5) is 0 Å². The van der Waals surface area contributed by atoms with Crippen molar-refractivity contribution in [1.82, 2.24) is 0 Å². The van der Waals surface area contributed by atoms with Gasteiger partial charge in [-0.1, -0.05) is 17.7 Å². The average molecular weight is 289 g/mol. The molecule has 0 saturated carbocycles. The van der Waals surface area contributed by atoms with Crippen molar-refractivity contribution in [3.8, 4) is 0 Å². The van der Waals surface area contributed by atoms with E-state index in [1.54, 1.807) is 19.1 Å². The number of hydrogen-bond donors (Lipinski definition) is 0. The van der Waals surface area contributed by atoms with Crippen LogP contribution in [-0.4, -0.2) is 8.42 Å². The first-order chi connectivity index (χ1) is 6.71. The van der Waals surface area contributed by atoms with E-state index in [0.29, 0.717) is 0 Å². The molecule has 0 amide bonds. The van der Waals surface area contributed by atoms with Gasteiger partial charge in [0.2, 0.25) is 0 Å². The minimum Gasteiger partial charge on any atom is -0.255 e. The Morgan fingerprint density at radius 2 is 1.67 bits per heavy atom. The van der Waals surface area contributed by atoms with E-state index >= 15 is 0 Å². The van der Waals surface area contributed by atoms with Gasteiger partial charge in [-0.25, -0.2) is 0 Å². The van der Waals surface area contributed by atoms with Crippen LogP contribution in [0.1, 0.15) is 5.56 Å². The fourth-order valence-corrected chi connectivity index (χ4v) is 3.92. The van der Waals surface area contributed by atoms with E-state index in [4.69, 9.17) is 22.5 Å². The molecule has 84 valence electrons. The summed E-state index contributed by atoms with van der Waals surface area (Å²) in [5.74, 6) is 0. The van der Waals surface area contributed by atoms with Gasteiger partial charge in [0.1, 0.15) is 0 Å². The van der Waals surface area contributed by atoms with Crippen LogP contribution in [0.5, 0.6) is 0 Å². The van der Waals surface area contributed by atoms with E-state index in [1.165, 1.54) is 12.1 Å². The van der Waals surface area contributed by atoms with Crippen molar-refractivity contribution in [2.24, 2.45) is 0 Å². The first-order valence-electron chi connectivity index (χ1n) is 3.73. The van der Waals surface area contributed by atoms with Gasteiger partial charge in [0.15, 0.2) is 0 Å². The van der Waals surface area contributed by atoms with E-state index in [9.17, 15) is 13.0 Å². The van der Waals surface area contributed by atoms with Crippen molar-refractivity contribution in [2.75, 3.05) is 0 Å². The molecule has 0 N–H and O–H groups in total. The molecule has 0 aromatic heterocycles. The molecule has 0 saturated heterocycles. The molecular weight excluding hydrogens is 282 g/mol. The van der Waals surface area contributed by atoms with Gasteiger partial charge in [-0.05, 0) is 41.5 Å². The molecule has 4 nitrogen and oxygen atoms in total. The normalized spacial score (nSPS) is 12.7. The van der Waals surface area contributed by atoms with Gasteiger partial charge in [-0.15, -0.1) is 0 Å². The molecule has 8 heteroatoms. The number of benzene rings is 1. The van der Waals surface area contributed by atoms with Gasteiger partial charge in [-0.2, -0.15) is 12.4 Å². The van der Waals surface area contributed by atoms with Crippen molar-refractivity contribution in [2.45, 2.75) is 11.8 Å². The Morgan fingerprint density at radius 3 is 2.07 bits per heavy atom. The van der Waals surface area contributed by atoms with E-state index in [1.807, 2.05) is 0 Å². The van der Waals surface area contributed by atoms with Crippen LogP contribution in [0.2, 0.25) is 0 Å². The molecule has 0 atom stereocenters. The molecule has 0 aliphatic rings. The smallest absolute Gasteiger partial charge is 0.255 e. The SMILES string of the molecule is Cc1ccc(S(=O)(=O)OP(=O)(Cl)Cl)cc1. The first kappa shape index (κ1) is 13.0. The summed E-state index contributed by atoms with van der Waals surface area (Å²) in [5, 5.41) is 0. The topological polar surface area (TPSA) is 60.4 Å². The standard InChI is InChI=1S/C7H7Cl2O4PS/c1-6-2-4-7(5-3-6)15(11,12)13-14(8,9)10/h2-5H,1H3. The second kappa shape index (κ2) is 4.44. The van der Waals surface area contributed by atoms with Gasteiger partial charge in [0.05, 0.1) is 4.90 Å². The maximum atomic E-state index is 11.4. The molecule has 0 spiro atoms. The summed E-state index contributed by atoms with van der Waals surface area (Å²) in [6.07, 6.45) is -4.11. The van der Waals surface area contributed by atoms with E-state index in [2.05, 4.69) is 3.97 Å². The Balaban J connectivity index is 3.07. The lowest BCUT2D eigenvalue weighted by atomic mass is 10.2. The number of rotatable bonds is 3. The summed E-state index contributed by atoms with van der Waals surface area (Å²) in [7, 11) is -4.16. The minimum atomic E-state index is -4.16. The number of halogens is 2. The third-order valence-corrected chi connectivity index (χ3v) is 4.84. The van der Waals surface area contributed by atoms with Crippen LogP contribution in [0, 0.1) is 6.92 Å². The van der Waals surface area contributed by atoms with Crippen LogP contribution < -0.4 is 0 Å². The van der Waals surface area contributed by atoms with Crippen molar-refractivity contribution < 1.29 is 17.0 Å². The highest BCUT2D eigenvalue weighted by Gasteiger charge is 2.27. The maximum absolute atomic E-state index is 11.4. The molecule has 0 fully saturated rings. The Hall–Kier alpha value is -0.0600. The molecule has 0 heterocycles. The summed E-state index contributed by atoms with van der Waals surface area (Å²) >= 11 is 10.0. The molecular formula is C7H7Cl2O4PS. The highest BCUT2D eigenvalue weighted by Crippen LogP contribution is 2.59. The minimum absolute atomic E-state index is 0.144. The van der Waals surface area contributed by atoms with Crippen LogP contribution >= 0.6 is 28.6 Å². The second-order valence-electron chi connectivity index (χ2n) is 2.76. The zero-order chi connectivity index (χ0) is 11.7. The molecule has 15 heavy (non-hydrogen) atoms. The molecule has 0 aliphatic carbocycles. The fraction of sp³-hybridized carbons (Fsp3) is 0.143. The highest BCUT2D eigenvalue weighted by molar-refractivity contribution is 8.10. The monoisotopic (exact) mass is 288 g/mol. The average Bonchev–Trinajstić information content (AvgIpc) is 2.00. The van der Waals surface area contributed by atoms with Crippen molar-refractivity contribution in [1.29, 1.82) is 0 Å². The Morgan fingerprint density at radius 1 is 1.20 bits per heavy atom. The van der Waals surface area contributed by atoms with E-state index in [-0.39, 0.29) is 4.90 Å². The Kier molecular flexibility index (Phi) is 3.85. The molecule has 0 bridgehead atoms. The van der Waals surface area contributed by atoms with Gasteiger partial charge >= 0.3 is 16.2 Å². The molecule has 1 aromatic carbocycles. The number of hydrogen-bond acceptors (Lipinski definition) is 4.